The van der Waals surface area contributed by atoms with Crippen LogP contribution in [0.3, 0.4) is 0 Å². The molecule has 0 aliphatic heterocycles. The molecule has 0 amide bonds. The Morgan fingerprint density at radius 1 is 1.17 bits per heavy atom. The summed E-state index contributed by atoms with van der Waals surface area (Å²) < 4.78 is 46.3. The molecule has 0 bridgehead atoms. The summed E-state index contributed by atoms with van der Waals surface area (Å²) in [5.74, 6) is -3.55. The third-order valence-electron chi connectivity index (χ3n) is 3.51. The highest BCUT2D eigenvalue weighted by atomic mass is 35.5. The van der Waals surface area contributed by atoms with Crippen LogP contribution in [0.15, 0.2) is 16.7 Å². The lowest BCUT2D eigenvalue weighted by Gasteiger charge is -2.14. The number of pyridine rings is 1. The Labute approximate surface area is 134 Å². The number of rotatable bonds is 2. The van der Waals surface area contributed by atoms with Crippen molar-refractivity contribution in [3.63, 3.8) is 0 Å². The van der Waals surface area contributed by atoms with Gasteiger partial charge in [-0.1, -0.05) is 16.8 Å². The minimum Gasteiger partial charge on any atom is -0.334 e. The second-order valence-corrected chi connectivity index (χ2v) is 5.65. The van der Waals surface area contributed by atoms with E-state index in [9.17, 15) is 13.2 Å². The second-order valence-electron chi connectivity index (χ2n) is 5.29. The highest BCUT2D eigenvalue weighted by Crippen LogP contribution is 2.37. The Balaban J connectivity index is 2.36. The lowest BCUT2D eigenvalue weighted by Crippen LogP contribution is -2.08. The lowest BCUT2D eigenvalue weighted by molar-refractivity contribution is 0.0173. The molecule has 1 aromatic carbocycles. The molecule has 23 heavy (non-hydrogen) atoms. The van der Waals surface area contributed by atoms with Crippen LogP contribution in [0.1, 0.15) is 23.9 Å². The predicted molar refractivity (Wildman–Crippen MR) is 79.0 cm³/mol. The first-order valence-corrected chi connectivity index (χ1v) is 7.04. The fourth-order valence-electron chi connectivity index (χ4n) is 2.34. The van der Waals surface area contributed by atoms with Gasteiger partial charge in [-0.3, -0.25) is 0 Å². The van der Waals surface area contributed by atoms with Crippen molar-refractivity contribution in [2.75, 3.05) is 0 Å². The summed E-state index contributed by atoms with van der Waals surface area (Å²) >= 11 is 6.10. The molecule has 0 saturated carbocycles. The van der Waals surface area contributed by atoms with E-state index in [0.29, 0.717) is 23.9 Å². The Hall–Kier alpha value is -2.15. The average molecular weight is 342 g/mol. The van der Waals surface area contributed by atoms with Gasteiger partial charge >= 0.3 is 0 Å². The van der Waals surface area contributed by atoms with Crippen LogP contribution in [0, 0.1) is 19.7 Å². The van der Waals surface area contributed by atoms with Crippen LogP contribution in [0.5, 0.6) is 0 Å². The molecule has 2 aromatic heterocycles. The van der Waals surface area contributed by atoms with Gasteiger partial charge < -0.3 is 4.52 Å². The summed E-state index contributed by atoms with van der Waals surface area (Å²) in [6, 6.07) is 1.96. The van der Waals surface area contributed by atoms with E-state index in [0.717, 1.165) is 6.07 Å². The number of hydrogen-bond donors (Lipinski definition) is 0. The van der Waals surface area contributed by atoms with E-state index in [1.54, 1.807) is 13.8 Å². The normalized spacial score (nSPS) is 12.1. The topological polar surface area (TPSA) is 51.8 Å². The first-order valence-electron chi connectivity index (χ1n) is 6.67. The maximum atomic E-state index is 14.2. The summed E-state index contributed by atoms with van der Waals surface area (Å²) in [4.78, 5) is 8.02. The van der Waals surface area contributed by atoms with Crippen molar-refractivity contribution < 1.29 is 17.7 Å². The Morgan fingerprint density at radius 2 is 1.87 bits per heavy atom. The highest BCUT2D eigenvalue weighted by Gasteiger charge is 2.27. The van der Waals surface area contributed by atoms with Crippen molar-refractivity contribution >= 4 is 22.5 Å². The SMILES string of the molecule is Cc1noc(-c2c(Cl)nc3c(F)cc(C(C)(F)F)cc3c2C)n1. The van der Waals surface area contributed by atoms with E-state index in [-0.39, 0.29) is 21.9 Å². The molecule has 0 N–H and O–H groups in total. The van der Waals surface area contributed by atoms with Gasteiger partial charge in [-0.15, -0.1) is 0 Å². The molecule has 0 unspecified atom stereocenters. The van der Waals surface area contributed by atoms with Crippen molar-refractivity contribution in [2.45, 2.75) is 26.7 Å². The minimum absolute atomic E-state index is 0.0337. The monoisotopic (exact) mass is 341 g/mol. The maximum Gasteiger partial charge on any atom is 0.270 e. The molecule has 0 atom stereocenters. The van der Waals surface area contributed by atoms with E-state index < -0.39 is 17.3 Å². The van der Waals surface area contributed by atoms with Crippen LogP contribution in [0.4, 0.5) is 13.2 Å². The van der Waals surface area contributed by atoms with Crippen molar-refractivity contribution in [1.82, 2.24) is 15.1 Å². The van der Waals surface area contributed by atoms with E-state index in [1.807, 2.05) is 0 Å². The average Bonchev–Trinajstić information content (AvgIpc) is 2.85. The fraction of sp³-hybridized carbons (Fsp3) is 0.267. The number of fused-ring (bicyclic) bond motifs is 1. The molecular weight excluding hydrogens is 331 g/mol. The van der Waals surface area contributed by atoms with Crippen LogP contribution in [-0.4, -0.2) is 15.1 Å². The summed E-state index contributed by atoms with van der Waals surface area (Å²) in [6.45, 7) is 3.94. The molecule has 2 heterocycles. The lowest BCUT2D eigenvalue weighted by atomic mass is 10.00. The second kappa shape index (κ2) is 5.19. The first-order chi connectivity index (χ1) is 10.7. The standard InChI is InChI=1S/C15H11ClF3N3O/c1-6-9-4-8(15(3,18)19)5-10(17)12(9)21-13(16)11(6)14-20-7(2)22-23-14/h4-5H,1-3H3. The van der Waals surface area contributed by atoms with Crippen LogP contribution >= 0.6 is 11.6 Å². The van der Waals surface area contributed by atoms with Gasteiger partial charge in [0.2, 0.25) is 0 Å². The largest absolute Gasteiger partial charge is 0.334 e. The van der Waals surface area contributed by atoms with Crippen LogP contribution in [-0.2, 0) is 5.92 Å². The number of hydrogen-bond acceptors (Lipinski definition) is 4. The summed E-state index contributed by atoms with van der Waals surface area (Å²) in [5, 5.41) is 3.85. The van der Waals surface area contributed by atoms with Gasteiger partial charge in [0.15, 0.2) is 5.82 Å². The molecule has 0 spiro atoms. The zero-order chi connectivity index (χ0) is 16.9. The van der Waals surface area contributed by atoms with Crippen LogP contribution < -0.4 is 0 Å². The molecule has 0 radical (unpaired) electrons. The molecule has 3 aromatic rings. The van der Waals surface area contributed by atoms with Gasteiger partial charge in [0.25, 0.3) is 11.8 Å². The number of aryl methyl sites for hydroxylation is 2. The molecule has 3 rings (SSSR count). The Morgan fingerprint density at radius 3 is 2.43 bits per heavy atom. The van der Waals surface area contributed by atoms with Crippen molar-refractivity contribution in [3.8, 4) is 11.5 Å². The minimum atomic E-state index is -3.18. The van der Waals surface area contributed by atoms with E-state index in [4.69, 9.17) is 16.1 Å². The molecule has 120 valence electrons. The third kappa shape index (κ3) is 2.65. The number of aromatic nitrogens is 3. The highest BCUT2D eigenvalue weighted by molar-refractivity contribution is 6.32. The number of alkyl halides is 2. The van der Waals surface area contributed by atoms with Crippen LogP contribution in [0.2, 0.25) is 5.15 Å². The predicted octanol–water partition coefficient (Wildman–Crippen LogP) is 4.81. The quantitative estimate of drug-likeness (QED) is 0.628. The number of nitrogens with zero attached hydrogens (tertiary/aromatic N) is 3. The van der Waals surface area contributed by atoms with Gasteiger partial charge in [-0.2, -0.15) is 4.98 Å². The third-order valence-corrected chi connectivity index (χ3v) is 3.78. The molecule has 0 aliphatic carbocycles. The first kappa shape index (κ1) is 15.7. The maximum absolute atomic E-state index is 14.2. The summed E-state index contributed by atoms with van der Waals surface area (Å²) in [7, 11) is 0. The van der Waals surface area contributed by atoms with E-state index in [1.165, 1.54) is 6.07 Å². The molecule has 0 fully saturated rings. The van der Waals surface area contributed by atoms with Crippen molar-refractivity contribution in [3.05, 3.63) is 40.1 Å². The number of benzene rings is 1. The molecule has 0 aliphatic rings. The van der Waals surface area contributed by atoms with Crippen LogP contribution in [0.25, 0.3) is 22.4 Å². The molecule has 8 heteroatoms. The molecular formula is C15H11ClF3N3O. The molecule has 4 nitrogen and oxygen atoms in total. The van der Waals surface area contributed by atoms with E-state index >= 15 is 0 Å². The Kier molecular flexibility index (Phi) is 3.55. The zero-order valence-corrected chi connectivity index (χ0v) is 13.2. The van der Waals surface area contributed by atoms with Gasteiger partial charge in [-0.05, 0) is 31.5 Å². The van der Waals surface area contributed by atoms with Gasteiger partial charge in [0.05, 0.1) is 5.56 Å². The van der Waals surface area contributed by atoms with Crippen molar-refractivity contribution in [2.24, 2.45) is 0 Å². The van der Waals surface area contributed by atoms with E-state index in [2.05, 4.69) is 15.1 Å². The smallest absolute Gasteiger partial charge is 0.270 e. The van der Waals surface area contributed by atoms with Gasteiger partial charge in [0.1, 0.15) is 16.5 Å². The summed E-state index contributed by atoms with van der Waals surface area (Å²) in [6.07, 6.45) is 0. The molecule has 0 saturated heterocycles. The number of halogens is 4. The zero-order valence-electron chi connectivity index (χ0n) is 12.4. The summed E-state index contributed by atoms with van der Waals surface area (Å²) in [5.41, 5.74) is 0.215. The fourth-order valence-corrected chi connectivity index (χ4v) is 2.65. The van der Waals surface area contributed by atoms with Gasteiger partial charge in [0, 0.05) is 17.9 Å². The van der Waals surface area contributed by atoms with Crippen molar-refractivity contribution in [1.29, 1.82) is 0 Å². The Bertz CT molecular complexity index is 918. The van der Waals surface area contributed by atoms with Gasteiger partial charge in [-0.25, -0.2) is 18.2 Å².